The molecule has 2 aliphatic rings. The van der Waals surface area contributed by atoms with E-state index in [-0.39, 0.29) is 12.1 Å². The van der Waals surface area contributed by atoms with E-state index in [1.165, 1.54) is 5.69 Å². The molecular weight excluding hydrogens is 416 g/mol. The molecule has 33 heavy (non-hydrogen) atoms. The van der Waals surface area contributed by atoms with E-state index in [1.807, 2.05) is 18.3 Å². The number of hydrogen-bond acceptors (Lipinski definition) is 5. The highest BCUT2D eigenvalue weighted by Crippen LogP contribution is 2.39. The molecule has 2 aromatic carbocycles. The van der Waals surface area contributed by atoms with Crippen LogP contribution in [-0.2, 0) is 6.42 Å². The fraction of sp³-hybridized carbons (Fsp3) is 0.423. The summed E-state index contributed by atoms with van der Waals surface area (Å²) in [5.74, 6) is 1.37. The molecule has 2 amide bonds. The van der Waals surface area contributed by atoms with Crippen molar-refractivity contribution in [2.45, 2.75) is 19.4 Å². The van der Waals surface area contributed by atoms with Crippen LogP contribution in [0.15, 0.2) is 42.6 Å². The van der Waals surface area contributed by atoms with E-state index in [2.05, 4.69) is 53.4 Å². The fourth-order valence-corrected chi connectivity index (χ4v) is 4.63. The van der Waals surface area contributed by atoms with Crippen LogP contribution in [-0.4, -0.2) is 76.4 Å². The summed E-state index contributed by atoms with van der Waals surface area (Å²) in [6, 6.07) is 12.6. The number of likely N-dealkylation sites (N-methyl/N-ethyl adjacent to an activating group) is 1. The Hall–Kier alpha value is -3.19. The SMILES string of the molecule is CNC(=O)N1C=C(c2ccc(N3CCN(C)CC3)cc2)c2cc(OC)c(OC)cc2CC1C. The molecule has 0 spiro atoms. The second kappa shape index (κ2) is 9.75. The highest BCUT2D eigenvalue weighted by Gasteiger charge is 2.27. The predicted molar refractivity (Wildman–Crippen MR) is 132 cm³/mol. The number of nitrogens with zero attached hydrogens (tertiary/aromatic N) is 3. The molecule has 2 aliphatic heterocycles. The third-order valence-electron chi connectivity index (χ3n) is 6.65. The number of ether oxygens (including phenoxy) is 2. The van der Waals surface area contributed by atoms with Gasteiger partial charge in [-0.25, -0.2) is 4.79 Å². The molecule has 0 bridgehead atoms. The van der Waals surface area contributed by atoms with Crippen LogP contribution in [0.3, 0.4) is 0 Å². The van der Waals surface area contributed by atoms with Crippen molar-refractivity contribution in [2.24, 2.45) is 0 Å². The molecule has 176 valence electrons. The summed E-state index contributed by atoms with van der Waals surface area (Å²) in [4.78, 5) is 19.3. The first-order valence-corrected chi connectivity index (χ1v) is 11.5. The zero-order valence-corrected chi connectivity index (χ0v) is 20.2. The first-order chi connectivity index (χ1) is 15.9. The lowest BCUT2D eigenvalue weighted by atomic mass is 9.92. The highest BCUT2D eigenvalue weighted by atomic mass is 16.5. The predicted octanol–water partition coefficient (Wildman–Crippen LogP) is 3.43. The summed E-state index contributed by atoms with van der Waals surface area (Å²) in [5.41, 5.74) is 5.46. The average Bonchev–Trinajstić information content (AvgIpc) is 2.98. The second-order valence-corrected chi connectivity index (χ2v) is 8.76. The van der Waals surface area contributed by atoms with Gasteiger partial charge in [-0.1, -0.05) is 12.1 Å². The molecule has 1 unspecified atom stereocenters. The molecule has 1 fully saturated rings. The van der Waals surface area contributed by atoms with Crippen LogP contribution in [0, 0.1) is 0 Å². The number of methoxy groups -OCH3 is 2. The first-order valence-electron chi connectivity index (χ1n) is 11.5. The summed E-state index contributed by atoms with van der Waals surface area (Å²) in [5, 5.41) is 2.77. The van der Waals surface area contributed by atoms with Crippen LogP contribution in [0.1, 0.15) is 23.6 Å². The Balaban J connectivity index is 1.77. The van der Waals surface area contributed by atoms with E-state index >= 15 is 0 Å². The van der Waals surface area contributed by atoms with Gasteiger partial charge in [0.15, 0.2) is 11.5 Å². The number of hydrogen-bond donors (Lipinski definition) is 1. The maximum absolute atomic E-state index is 12.7. The van der Waals surface area contributed by atoms with Gasteiger partial charge in [0.25, 0.3) is 0 Å². The zero-order chi connectivity index (χ0) is 23.5. The lowest BCUT2D eigenvalue weighted by molar-refractivity contribution is 0.205. The summed E-state index contributed by atoms with van der Waals surface area (Å²) in [7, 11) is 7.13. The van der Waals surface area contributed by atoms with Crippen molar-refractivity contribution >= 4 is 17.3 Å². The molecule has 2 heterocycles. The van der Waals surface area contributed by atoms with E-state index in [9.17, 15) is 4.79 Å². The maximum atomic E-state index is 12.7. The lowest BCUT2D eigenvalue weighted by Crippen LogP contribution is -2.44. The van der Waals surface area contributed by atoms with Gasteiger partial charge in [0.1, 0.15) is 0 Å². The van der Waals surface area contributed by atoms with Crippen molar-refractivity contribution < 1.29 is 14.3 Å². The summed E-state index contributed by atoms with van der Waals surface area (Å²) in [6.07, 6.45) is 2.68. The molecule has 1 N–H and O–H groups in total. The van der Waals surface area contributed by atoms with Gasteiger partial charge in [-0.05, 0) is 61.3 Å². The van der Waals surface area contributed by atoms with E-state index in [0.717, 1.165) is 48.4 Å². The number of benzene rings is 2. The van der Waals surface area contributed by atoms with Gasteiger partial charge in [0, 0.05) is 56.7 Å². The Kier molecular flexibility index (Phi) is 6.79. The van der Waals surface area contributed by atoms with Gasteiger partial charge in [0.2, 0.25) is 0 Å². The third-order valence-corrected chi connectivity index (χ3v) is 6.65. The minimum atomic E-state index is -0.124. The fourth-order valence-electron chi connectivity index (χ4n) is 4.63. The smallest absolute Gasteiger partial charge is 0.321 e. The lowest BCUT2D eigenvalue weighted by Gasteiger charge is -2.34. The van der Waals surface area contributed by atoms with Crippen molar-refractivity contribution in [3.63, 3.8) is 0 Å². The molecule has 0 radical (unpaired) electrons. The van der Waals surface area contributed by atoms with Crippen LogP contribution >= 0.6 is 0 Å². The van der Waals surface area contributed by atoms with E-state index in [1.54, 1.807) is 26.2 Å². The van der Waals surface area contributed by atoms with Gasteiger partial charge in [-0.2, -0.15) is 0 Å². The summed E-state index contributed by atoms with van der Waals surface area (Å²) >= 11 is 0. The van der Waals surface area contributed by atoms with Crippen LogP contribution in [0.2, 0.25) is 0 Å². The number of fused-ring (bicyclic) bond motifs is 1. The van der Waals surface area contributed by atoms with Gasteiger partial charge in [0.05, 0.1) is 14.2 Å². The molecule has 0 aromatic heterocycles. The molecule has 0 saturated carbocycles. The highest BCUT2D eigenvalue weighted by molar-refractivity contribution is 5.87. The summed E-state index contributed by atoms with van der Waals surface area (Å²) in [6.45, 7) is 6.26. The Morgan fingerprint density at radius 3 is 2.24 bits per heavy atom. The van der Waals surface area contributed by atoms with Gasteiger partial charge in [-0.15, -0.1) is 0 Å². The largest absolute Gasteiger partial charge is 0.493 e. The number of anilines is 1. The summed E-state index contributed by atoms with van der Waals surface area (Å²) < 4.78 is 11.2. The van der Waals surface area contributed by atoms with Gasteiger partial charge in [-0.3, -0.25) is 4.90 Å². The van der Waals surface area contributed by atoms with E-state index in [4.69, 9.17) is 9.47 Å². The quantitative estimate of drug-likeness (QED) is 0.774. The van der Waals surface area contributed by atoms with Crippen molar-refractivity contribution in [1.29, 1.82) is 0 Å². The van der Waals surface area contributed by atoms with Crippen LogP contribution in [0.25, 0.3) is 5.57 Å². The first kappa shape index (κ1) is 23.0. The standard InChI is InChI=1S/C26H34N4O3/c1-18-14-20-15-24(32-4)25(33-5)16-22(20)23(17-30(18)26(31)27-2)19-6-8-21(9-7-19)29-12-10-28(3)11-13-29/h6-9,15-18H,10-14H2,1-5H3,(H,27,31). The average molecular weight is 451 g/mol. The minimum Gasteiger partial charge on any atom is -0.493 e. The Morgan fingerprint density at radius 1 is 1.00 bits per heavy atom. The number of urea groups is 1. The van der Waals surface area contributed by atoms with Crippen LogP contribution in [0.4, 0.5) is 10.5 Å². The number of carbonyl (C=O) groups excluding carboxylic acids is 1. The van der Waals surface area contributed by atoms with Gasteiger partial charge < -0.3 is 24.6 Å². The normalized spacial score (nSPS) is 18.8. The zero-order valence-electron chi connectivity index (χ0n) is 20.2. The molecule has 7 heteroatoms. The van der Waals surface area contributed by atoms with Crippen LogP contribution < -0.4 is 19.7 Å². The monoisotopic (exact) mass is 450 g/mol. The van der Waals surface area contributed by atoms with Gasteiger partial charge >= 0.3 is 6.03 Å². The van der Waals surface area contributed by atoms with Crippen molar-refractivity contribution in [3.8, 4) is 11.5 Å². The molecular formula is C26H34N4O3. The number of nitrogens with one attached hydrogen (secondary N) is 1. The second-order valence-electron chi connectivity index (χ2n) is 8.76. The number of amides is 2. The number of rotatable bonds is 4. The van der Waals surface area contributed by atoms with Crippen LogP contribution in [0.5, 0.6) is 11.5 Å². The Labute approximate surface area is 196 Å². The molecule has 0 aliphatic carbocycles. The van der Waals surface area contributed by atoms with Crippen molar-refractivity contribution in [1.82, 2.24) is 15.1 Å². The molecule has 1 atom stereocenters. The van der Waals surface area contributed by atoms with Crippen molar-refractivity contribution in [3.05, 3.63) is 59.3 Å². The molecule has 2 aromatic rings. The third kappa shape index (κ3) is 4.64. The molecule has 1 saturated heterocycles. The minimum absolute atomic E-state index is 0.0103. The Morgan fingerprint density at radius 2 is 1.64 bits per heavy atom. The van der Waals surface area contributed by atoms with E-state index in [0.29, 0.717) is 17.9 Å². The molecule has 4 rings (SSSR count). The number of carbonyl (C=O) groups is 1. The molecule has 7 nitrogen and oxygen atoms in total. The topological polar surface area (TPSA) is 57.3 Å². The number of piperazine rings is 1. The Bertz CT molecular complexity index is 1030. The maximum Gasteiger partial charge on any atom is 0.321 e. The van der Waals surface area contributed by atoms with Crippen molar-refractivity contribution in [2.75, 3.05) is 59.4 Å². The van der Waals surface area contributed by atoms with E-state index < -0.39 is 0 Å².